The molecule has 0 amide bonds. The lowest BCUT2D eigenvalue weighted by molar-refractivity contribution is -0.143. The van der Waals surface area contributed by atoms with Crippen LogP contribution in [0.25, 0.3) is 0 Å². The summed E-state index contributed by atoms with van der Waals surface area (Å²) in [7, 11) is 2.99. The van der Waals surface area contributed by atoms with E-state index in [0.29, 0.717) is 25.5 Å². The van der Waals surface area contributed by atoms with Gasteiger partial charge in [0.2, 0.25) is 0 Å². The first kappa shape index (κ1) is 15.5. The highest BCUT2D eigenvalue weighted by molar-refractivity contribution is 5.78. The van der Waals surface area contributed by atoms with Crippen molar-refractivity contribution in [3.8, 4) is 5.75 Å². The van der Waals surface area contributed by atoms with E-state index in [1.165, 1.54) is 7.11 Å². The molecule has 1 aromatic carbocycles. The summed E-state index contributed by atoms with van der Waals surface area (Å²) in [5.41, 5.74) is 0.771. The SMILES string of the molecule is CCOc1ccccc1C(NCCOC)C(=O)OC. The lowest BCUT2D eigenvalue weighted by Crippen LogP contribution is -2.32. The van der Waals surface area contributed by atoms with Gasteiger partial charge in [-0.15, -0.1) is 0 Å². The summed E-state index contributed by atoms with van der Waals surface area (Å²) in [4.78, 5) is 11.9. The summed E-state index contributed by atoms with van der Waals surface area (Å²) in [6.45, 7) is 3.52. The minimum atomic E-state index is -0.553. The largest absolute Gasteiger partial charge is 0.494 e. The predicted octanol–water partition coefficient (Wildman–Crippen LogP) is 1.54. The molecule has 1 aromatic rings. The average Bonchev–Trinajstić information content (AvgIpc) is 2.44. The van der Waals surface area contributed by atoms with Gasteiger partial charge in [-0.05, 0) is 13.0 Å². The van der Waals surface area contributed by atoms with Gasteiger partial charge in [-0.1, -0.05) is 18.2 Å². The Morgan fingerprint density at radius 3 is 2.68 bits per heavy atom. The number of carbonyl (C=O) groups excluding carboxylic acids is 1. The molecule has 0 heterocycles. The Labute approximate surface area is 113 Å². The van der Waals surface area contributed by atoms with Gasteiger partial charge in [0, 0.05) is 19.2 Å². The predicted molar refractivity (Wildman–Crippen MR) is 72.2 cm³/mol. The summed E-state index contributed by atoms with van der Waals surface area (Å²) >= 11 is 0. The number of esters is 1. The molecule has 106 valence electrons. The molecule has 0 saturated carbocycles. The smallest absolute Gasteiger partial charge is 0.327 e. The zero-order chi connectivity index (χ0) is 14.1. The van der Waals surface area contributed by atoms with Gasteiger partial charge in [-0.25, -0.2) is 4.79 Å². The van der Waals surface area contributed by atoms with Gasteiger partial charge in [0.25, 0.3) is 0 Å². The van der Waals surface area contributed by atoms with E-state index in [9.17, 15) is 4.79 Å². The molecule has 0 aliphatic rings. The number of rotatable bonds is 8. The molecule has 0 fully saturated rings. The fourth-order valence-electron chi connectivity index (χ4n) is 1.75. The number of para-hydroxylation sites is 1. The molecule has 0 aliphatic carbocycles. The van der Waals surface area contributed by atoms with Crippen molar-refractivity contribution in [3.63, 3.8) is 0 Å². The third kappa shape index (κ3) is 4.54. The molecule has 0 spiro atoms. The van der Waals surface area contributed by atoms with Crippen molar-refractivity contribution in [1.29, 1.82) is 0 Å². The molecular formula is C14H21NO4. The molecule has 1 rings (SSSR count). The standard InChI is InChI=1S/C14H21NO4/c1-4-19-12-8-6-5-7-11(12)13(14(16)18-3)15-9-10-17-2/h5-8,13,15H,4,9-10H2,1-3H3. The van der Waals surface area contributed by atoms with E-state index in [0.717, 1.165) is 5.56 Å². The molecule has 0 radical (unpaired) electrons. The third-order valence-electron chi connectivity index (χ3n) is 2.62. The minimum Gasteiger partial charge on any atom is -0.494 e. The van der Waals surface area contributed by atoms with E-state index in [-0.39, 0.29) is 5.97 Å². The van der Waals surface area contributed by atoms with Gasteiger partial charge >= 0.3 is 5.97 Å². The molecule has 0 bridgehead atoms. The van der Waals surface area contributed by atoms with E-state index in [1.54, 1.807) is 7.11 Å². The Morgan fingerprint density at radius 1 is 1.32 bits per heavy atom. The highest BCUT2D eigenvalue weighted by Crippen LogP contribution is 2.25. The lowest BCUT2D eigenvalue weighted by Gasteiger charge is -2.19. The van der Waals surface area contributed by atoms with Gasteiger partial charge in [0.1, 0.15) is 11.8 Å². The van der Waals surface area contributed by atoms with Crippen LogP contribution in [0.1, 0.15) is 18.5 Å². The number of hydrogen-bond donors (Lipinski definition) is 1. The first-order valence-electron chi connectivity index (χ1n) is 6.26. The molecule has 5 nitrogen and oxygen atoms in total. The van der Waals surface area contributed by atoms with Gasteiger partial charge in [-0.2, -0.15) is 0 Å². The van der Waals surface area contributed by atoms with E-state index >= 15 is 0 Å². The van der Waals surface area contributed by atoms with Gasteiger partial charge in [-0.3, -0.25) is 5.32 Å². The van der Waals surface area contributed by atoms with Crippen LogP contribution in [0.15, 0.2) is 24.3 Å². The van der Waals surface area contributed by atoms with E-state index < -0.39 is 6.04 Å². The van der Waals surface area contributed by atoms with Gasteiger partial charge < -0.3 is 14.2 Å². The lowest BCUT2D eigenvalue weighted by atomic mass is 10.1. The molecule has 0 aliphatic heterocycles. The maximum Gasteiger partial charge on any atom is 0.327 e. The highest BCUT2D eigenvalue weighted by atomic mass is 16.5. The molecule has 0 saturated heterocycles. The number of nitrogens with one attached hydrogen (secondary N) is 1. The van der Waals surface area contributed by atoms with E-state index in [1.807, 2.05) is 31.2 Å². The average molecular weight is 267 g/mol. The fourth-order valence-corrected chi connectivity index (χ4v) is 1.75. The van der Waals surface area contributed by atoms with Crippen LogP contribution in [0.3, 0.4) is 0 Å². The zero-order valence-corrected chi connectivity index (χ0v) is 11.6. The maximum absolute atomic E-state index is 11.9. The molecule has 1 atom stereocenters. The Kier molecular flexibility index (Phi) is 6.92. The molecule has 19 heavy (non-hydrogen) atoms. The first-order chi connectivity index (χ1) is 9.24. The monoisotopic (exact) mass is 267 g/mol. The quantitative estimate of drug-likeness (QED) is 0.572. The number of benzene rings is 1. The Bertz CT molecular complexity index is 395. The first-order valence-corrected chi connectivity index (χ1v) is 6.26. The van der Waals surface area contributed by atoms with Gasteiger partial charge in [0.15, 0.2) is 0 Å². The summed E-state index contributed by atoms with van der Waals surface area (Å²) < 4.78 is 15.3. The molecule has 1 unspecified atom stereocenters. The van der Waals surface area contributed by atoms with Crippen molar-refractivity contribution in [2.75, 3.05) is 34.0 Å². The second-order valence-electron chi connectivity index (χ2n) is 3.87. The number of methoxy groups -OCH3 is 2. The van der Waals surface area contributed by atoms with Crippen LogP contribution in [-0.2, 0) is 14.3 Å². The van der Waals surface area contributed by atoms with Crippen molar-refractivity contribution >= 4 is 5.97 Å². The zero-order valence-electron chi connectivity index (χ0n) is 11.6. The van der Waals surface area contributed by atoms with Crippen LogP contribution in [0.5, 0.6) is 5.75 Å². The second kappa shape index (κ2) is 8.50. The summed E-state index contributed by atoms with van der Waals surface area (Å²) in [5, 5.41) is 3.11. The molecule has 5 heteroatoms. The number of ether oxygens (including phenoxy) is 3. The fraction of sp³-hybridized carbons (Fsp3) is 0.500. The number of carbonyl (C=O) groups is 1. The van der Waals surface area contributed by atoms with E-state index in [4.69, 9.17) is 14.2 Å². The topological polar surface area (TPSA) is 56.8 Å². The summed E-state index contributed by atoms with van der Waals surface area (Å²) in [6, 6.07) is 6.88. The van der Waals surface area contributed by atoms with Crippen molar-refractivity contribution in [2.24, 2.45) is 0 Å². The normalized spacial score (nSPS) is 11.9. The van der Waals surface area contributed by atoms with Crippen LogP contribution in [0, 0.1) is 0 Å². The second-order valence-corrected chi connectivity index (χ2v) is 3.87. The molecule has 0 aromatic heterocycles. The van der Waals surface area contributed by atoms with Crippen LogP contribution < -0.4 is 10.1 Å². The van der Waals surface area contributed by atoms with Crippen LogP contribution >= 0.6 is 0 Å². The summed E-state index contributed by atoms with van der Waals surface area (Å²) in [5.74, 6) is 0.341. The van der Waals surface area contributed by atoms with Crippen LogP contribution in [0.2, 0.25) is 0 Å². The maximum atomic E-state index is 11.9. The van der Waals surface area contributed by atoms with Crippen molar-refractivity contribution < 1.29 is 19.0 Å². The Morgan fingerprint density at radius 2 is 2.05 bits per heavy atom. The van der Waals surface area contributed by atoms with Gasteiger partial charge in [0.05, 0.1) is 20.3 Å². The number of hydrogen-bond acceptors (Lipinski definition) is 5. The van der Waals surface area contributed by atoms with Crippen molar-refractivity contribution in [3.05, 3.63) is 29.8 Å². The highest BCUT2D eigenvalue weighted by Gasteiger charge is 2.23. The van der Waals surface area contributed by atoms with E-state index in [2.05, 4.69) is 5.32 Å². The minimum absolute atomic E-state index is 0.344. The molecule has 1 N–H and O–H groups in total. The van der Waals surface area contributed by atoms with Crippen LogP contribution in [-0.4, -0.2) is 39.9 Å². The third-order valence-corrected chi connectivity index (χ3v) is 2.62. The Balaban J connectivity index is 2.92. The molecular weight excluding hydrogens is 246 g/mol. The Hall–Kier alpha value is -1.59. The summed E-state index contributed by atoms with van der Waals surface area (Å²) in [6.07, 6.45) is 0. The van der Waals surface area contributed by atoms with Crippen molar-refractivity contribution in [1.82, 2.24) is 5.32 Å². The van der Waals surface area contributed by atoms with Crippen molar-refractivity contribution in [2.45, 2.75) is 13.0 Å². The van der Waals surface area contributed by atoms with Crippen LogP contribution in [0.4, 0.5) is 0 Å².